The molecule has 0 unspecified atom stereocenters. The van der Waals surface area contributed by atoms with Gasteiger partial charge in [0.15, 0.2) is 5.75 Å². The van der Waals surface area contributed by atoms with E-state index in [1.807, 2.05) is 4.68 Å². The average molecular weight is 259 g/mol. The Morgan fingerprint density at radius 2 is 2.26 bits per heavy atom. The van der Waals surface area contributed by atoms with Crippen molar-refractivity contribution in [1.82, 2.24) is 19.7 Å². The molecule has 0 saturated heterocycles. The van der Waals surface area contributed by atoms with Crippen LogP contribution < -0.4 is 10.5 Å². The standard InChI is InChI=1S/C13H17N5O/c1-4-18-12(7(2)3)10-8(17-18)6-19-9-5-15-13(14)16-11(9)10/h5,7H,4,6H2,1-3H3,(H2,14,15,16). The third kappa shape index (κ3) is 1.75. The van der Waals surface area contributed by atoms with E-state index in [9.17, 15) is 0 Å². The number of anilines is 1. The van der Waals surface area contributed by atoms with Crippen LogP contribution in [0.5, 0.6) is 5.75 Å². The summed E-state index contributed by atoms with van der Waals surface area (Å²) in [5, 5.41) is 4.61. The van der Waals surface area contributed by atoms with E-state index >= 15 is 0 Å². The van der Waals surface area contributed by atoms with Crippen molar-refractivity contribution in [2.75, 3.05) is 5.73 Å². The van der Waals surface area contributed by atoms with Gasteiger partial charge < -0.3 is 10.5 Å². The molecule has 0 fully saturated rings. The maximum atomic E-state index is 5.70. The smallest absolute Gasteiger partial charge is 0.220 e. The zero-order valence-corrected chi connectivity index (χ0v) is 11.3. The number of hydrogen-bond donors (Lipinski definition) is 1. The SMILES string of the molecule is CCn1nc2c(c1C(C)C)-c1nc(N)ncc1OC2. The van der Waals surface area contributed by atoms with Crippen molar-refractivity contribution in [1.29, 1.82) is 0 Å². The first kappa shape index (κ1) is 12.0. The summed E-state index contributed by atoms with van der Waals surface area (Å²) in [5.41, 5.74) is 9.63. The number of aromatic nitrogens is 4. The van der Waals surface area contributed by atoms with Crippen LogP contribution in [-0.2, 0) is 13.2 Å². The van der Waals surface area contributed by atoms with Crippen LogP contribution in [0.3, 0.4) is 0 Å². The Bertz CT molecular complexity index is 632. The molecular formula is C13H17N5O. The van der Waals surface area contributed by atoms with Gasteiger partial charge in [-0.1, -0.05) is 13.8 Å². The topological polar surface area (TPSA) is 78.9 Å². The minimum atomic E-state index is 0.258. The van der Waals surface area contributed by atoms with Crippen molar-refractivity contribution in [3.63, 3.8) is 0 Å². The first-order valence-electron chi connectivity index (χ1n) is 6.47. The van der Waals surface area contributed by atoms with Crippen LogP contribution in [0.4, 0.5) is 5.95 Å². The first-order chi connectivity index (χ1) is 9.11. The number of nitrogen functional groups attached to an aromatic ring is 1. The molecule has 0 aromatic carbocycles. The predicted octanol–water partition coefficient (Wildman–Crippen LogP) is 1.96. The number of nitrogens with two attached hydrogens (primary N) is 1. The summed E-state index contributed by atoms with van der Waals surface area (Å²) in [7, 11) is 0. The summed E-state index contributed by atoms with van der Waals surface area (Å²) >= 11 is 0. The fourth-order valence-corrected chi connectivity index (χ4v) is 2.53. The van der Waals surface area contributed by atoms with Gasteiger partial charge in [-0.2, -0.15) is 5.10 Å². The molecule has 100 valence electrons. The number of hydrogen-bond acceptors (Lipinski definition) is 5. The average Bonchev–Trinajstić information content (AvgIpc) is 2.77. The lowest BCUT2D eigenvalue weighted by Gasteiger charge is -2.17. The van der Waals surface area contributed by atoms with Crippen LogP contribution in [0.1, 0.15) is 38.1 Å². The monoisotopic (exact) mass is 259 g/mol. The van der Waals surface area contributed by atoms with Crippen molar-refractivity contribution in [3.05, 3.63) is 17.6 Å². The van der Waals surface area contributed by atoms with E-state index in [0.29, 0.717) is 18.3 Å². The Hall–Kier alpha value is -2.11. The molecule has 0 amide bonds. The van der Waals surface area contributed by atoms with Crippen molar-refractivity contribution in [3.8, 4) is 17.0 Å². The third-order valence-corrected chi connectivity index (χ3v) is 3.29. The second-order valence-electron chi connectivity index (χ2n) is 4.91. The highest BCUT2D eigenvalue weighted by Crippen LogP contribution is 2.40. The van der Waals surface area contributed by atoms with Gasteiger partial charge in [-0.05, 0) is 12.8 Å². The molecule has 0 spiro atoms. The normalized spacial score (nSPS) is 13.1. The molecule has 6 nitrogen and oxygen atoms in total. The second-order valence-corrected chi connectivity index (χ2v) is 4.91. The summed E-state index contributed by atoms with van der Waals surface area (Å²) in [6.45, 7) is 7.69. The Morgan fingerprint density at radius 3 is 2.95 bits per heavy atom. The van der Waals surface area contributed by atoms with Crippen molar-refractivity contribution in [2.45, 2.75) is 39.8 Å². The lowest BCUT2D eigenvalue weighted by atomic mass is 9.99. The molecule has 0 aliphatic carbocycles. The molecule has 3 heterocycles. The molecule has 3 rings (SSSR count). The van der Waals surface area contributed by atoms with Crippen molar-refractivity contribution >= 4 is 5.95 Å². The molecule has 1 aliphatic rings. The molecule has 0 atom stereocenters. The molecule has 2 aromatic rings. The summed E-state index contributed by atoms with van der Waals surface area (Å²) in [6.07, 6.45) is 1.63. The van der Waals surface area contributed by atoms with E-state index in [0.717, 1.165) is 23.5 Å². The Kier molecular flexibility index (Phi) is 2.66. The fraction of sp³-hybridized carbons (Fsp3) is 0.462. The Morgan fingerprint density at radius 1 is 1.47 bits per heavy atom. The van der Waals surface area contributed by atoms with E-state index in [-0.39, 0.29) is 5.95 Å². The van der Waals surface area contributed by atoms with Crippen LogP contribution in [0.25, 0.3) is 11.3 Å². The van der Waals surface area contributed by atoms with Gasteiger partial charge >= 0.3 is 0 Å². The minimum absolute atomic E-state index is 0.258. The lowest BCUT2D eigenvalue weighted by molar-refractivity contribution is 0.293. The molecule has 1 aliphatic heterocycles. The number of rotatable bonds is 2. The minimum Gasteiger partial charge on any atom is -0.483 e. The lowest BCUT2D eigenvalue weighted by Crippen LogP contribution is -2.09. The summed E-state index contributed by atoms with van der Waals surface area (Å²) in [5.74, 6) is 1.30. The second kappa shape index (κ2) is 4.22. The maximum absolute atomic E-state index is 5.70. The molecule has 6 heteroatoms. The molecule has 19 heavy (non-hydrogen) atoms. The zero-order chi connectivity index (χ0) is 13.6. The van der Waals surface area contributed by atoms with Crippen molar-refractivity contribution < 1.29 is 4.74 Å². The van der Waals surface area contributed by atoms with Crippen LogP contribution in [-0.4, -0.2) is 19.7 Å². The Labute approximate surface area is 111 Å². The number of fused-ring (bicyclic) bond motifs is 3. The predicted molar refractivity (Wildman–Crippen MR) is 71.8 cm³/mol. The van der Waals surface area contributed by atoms with Gasteiger partial charge in [0.05, 0.1) is 17.5 Å². The Balaban J connectivity index is 2.29. The van der Waals surface area contributed by atoms with E-state index in [2.05, 4.69) is 35.8 Å². The molecule has 2 aromatic heterocycles. The zero-order valence-electron chi connectivity index (χ0n) is 11.3. The highest BCUT2D eigenvalue weighted by atomic mass is 16.5. The van der Waals surface area contributed by atoms with Crippen LogP contribution in [0, 0.1) is 0 Å². The van der Waals surface area contributed by atoms with Crippen LogP contribution in [0.2, 0.25) is 0 Å². The molecule has 0 radical (unpaired) electrons. The molecular weight excluding hydrogens is 242 g/mol. The van der Waals surface area contributed by atoms with Gasteiger partial charge in [0, 0.05) is 6.54 Å². The van der Waals surface area contributed by atoms with Crippen LogP contribution >= 0.6 is 0 Å². The van der Waals surface area contributed by atoms with Gasteiger partial charge in [-0.15, -0.1) is 0 Å². The third-order valence-electron chi connectivity index (χ3n) is 3.29. The van der Waals surface area contributed by atoms with E-state index < -0.39 is 0 Å². The van der Waals surface area contributed by atoms with Crippen LogP contribution in [0.15, 0.2) is 6.20 Å². The maximum Gasteiger partial charge on any atom is 0.220 e. The largest absolute Gasteiger partial charge is 0.483 e. The fourth-order valence-electron chi connectivity index (χ4n) is 2.53. The molecule has 0 saturated carbocycles. The summed E-state index contributed by atoms with van der Waals surface area (Å²) in [4.78, 5) is 8.32. The van der Waals surface area contributed by atoms with E-state index in [1.165, 1.54) is 5.69 Å². The van der Waals surface area contributed by atoms with Crippen molar-refractivity contribution in [2.24, 2.45) is 0 Å². The highest BCUT2D eigenvalue weighted by Gasteiger charge is 2.28. The van der Waals surface area contributed by atoms with Gasteiger partial charge in [0.2, 0.25) is 5.95 Å². The van der Waals surface area contributed by atoms with E-state index in [4.69, 9.17) is 10.5 Å². The number of nitrogens with zero attached hydrogens (tertiary/aromatic N) is 4. The number of aryl methyl sites for hydroxylation is 1. The van der Waals surface area contributed by atoms with Gasteiger partial charge in [-0.3, -0.25) is 4.68 Å². The van der Waals surface area contributed by atoms with Gasteiger partial charge in [0.1, 0.15) is 18.0 Å². The van der Waals surface area contributed by atoms with E-state index in [1.54, 1.807) is 6.20 Å². The van der Waals surface area contributed by atoms with Gasteiger partial charge in [-0.25, -0.2) is 9.97 Å². The quantitative estimate of drug-likeness (QED) is 0.891. The number of ether oxygens (including phenoxy) is 1. The summed E-state index contributed by atoms with van der Waals surface area (Å²) < 4.78 is 7.66. The molecule has 2 N–H and O–H groups in total. The summed E-state index contributed by atoms with van der Waals surface area (Å²) in [6, 6.07) is 0. The first-order valence-corrected chi connectivity index (χ1v) is 6.47. The van der Waals surface area contributed by atoms with Gasteiger partial charge in [0.25, 0.3) is 0 Å². The molecule has 0 bridgehead atoms. The highest BCUT2D eigenvalue weighted by molar-refractivity contribution is 5.73.